The molecule has 1 saturated heterocycles. The number of piperidine rings is 1. The predicted molar refractivity (Wildman–Crippen MR) is 128 cm³/mol. The van der Waals surface area contributed by atoms with Crippen molar-refractivity contribution in [1.82, 2.24) is 9.97 Å². The summed E-state index contributed by atoms with van der Waals surface area (Å²) in [5.41, 5.74) is 7.34. The molecular formula is C25H26N4S. The van der Waals surface area contributed by atoms with Crippen molar-refractivity contribution in [1.29, 1.82) is 0 Å². The molecular weight excluding hydrogens is 388 g/mol. The smallest absolute Gasteiger partial charge is 0.143 e. The van der Waals surface area contributed by atoms with E-state index in [0.29, 0.717) is 0 Å². The summed E-state index contributed by atoms with van der Waals surface area (Å²) in [6.07, 6.45) is 5.58. The van der Waals surface area contributed by atoms with Gasteiger partial charge in [0, 0.05) is 35.4 Å². The Morgan fingerprint density at radius 1 is 0.900 bits per heavy atom. The lowest BCUT2D eigenvalue weighted by Crippen LogP contribution is -2.29. The average Bonchev–Trinajstić information content (AvgIpc) is 3.20. The number of nitrogens with one attached hydrogen (secondary N) is 1. The first-order valence-electron chi connectivity index (χ1n) is 10.6. The van der Waals surface area contributed by atoms with Crippen LogP contribution in [0, 0.1) is 13.8 Å². The third-order valence-electron chi connectivity index (χ3n) is 5.89. The van der Waals surface area contributed by atoms with E-state index in [1.165, 1.54) is 47.2 Å². The van der Waals surface area contributed by atoms with E-state index in [1.807, 2.05) is 0 Å². The Balaban J connectivity index is 1.48. The number of fused-ring (bicyclic) bond motifs is 1. The van der Waals surface area contributed by atoms with Gasteiger partial charge in [-0.2, -0.15) is 0 Å². The number of aromatic nitrogens is 2. The number of aryl methyl sites for hydroxylation is 2. The Morgan fingerprint density at radius 3 is 2.47 bits per heavy atom. The summed E-state index contributed by atoms with van der Waals surface area (Å²) in [6.45, 7) is 6.62. The van der Waals surface area contributed by atoms with Crippen LogP contribution in [0.2, 0.25) is 0 Å². The Bertz CT molecular complexity index is 1170. The maximum atomic E-state index is 4.59. The number of rotatable bonds is 4. The van der Waals surface area contributed by atoms with Gasteiger partial charge in [0.2, 0.25) is 0 Å². The molecule has 2 aromatic heterocycles. The minimum Gasteiger partial charge on any atom is -0.372 e. The van der Waals surface area contributed by atoms with Gasteiger partial charge in [-0.3, -0.25) is 0 Å². The molecule has 0 aliphatic carbocycles. The van der Waals surface area contributed by atoms with E-state index in [2.05, 4.69) is 81.9 Å². The third kappa shape index (κ3) is 3.65. The molecule has 3 heterocycles. The Labute approximate surface area is 181 Å². The normalized spacial score (nSPS) is 14.3. The van der Waals surface area contributed by atoms with Crippen LogP contribution >= 0.6 is 11.3 Å². The van der Waals surface area contributed by atoms with Crippen LogP contribution in [0.1, 0.15) is 30.4 Å². The molecule has 30 heavy (non-hydrogen) atoms. The van der Waals surface area contributed by atoms with Crippen molar-refractivity contribution in [3.8, 4) is 11.1 Å². The second-order valence-electron chi connectivity index (χ2n) is 8.09. The predicted octanol–water partition coefficient (Wildman–Crippen LogP) is 6.71. The van der Waals surface area contributed by atoms with E-state index in [4.69, 9.17) is 0 Å². The molecule has 0 atom stereocenters. The first-order valence-corrected chi connectivity index (χ1v) is 11.5. The van der Waals surface area contributed by atoms with Gasteiger partial charge in [-0.1, -0.05) is 23.8 Å². The molecule has 0 amide bonds. The first-order chi connectivity index (χ1) is 14.7. The van der Waals surface area contributed by atoms with E-state index in [-0.39, 0.29) is 0 Å². The summed E-state index contributed by atoms with van der Waals surface area (Å²) in [4.78, 5) is 12.6. The second-order valence-corrected chi connectivity index (χ2v) is 8.95. The van der Waals surface area contributed by atoms with Crippen LogP contribution in [-0.4, -0.2) is 23.1 Å². The number of hydrogen-bond acceptors (Lipinski definition) is 5. The zero-order valence-corrected chi connectivity index (χ0v) is 18.3. The third-order valence-corrected chi connectivity index (χ3v) is 6.78. The number of hydrogen-bond donors (Lipinski definition) is 1. The summed E-state index contributed by atoms with van der Waals surface area (Å²) >= 11 is 1.67. The standard InChI is InChI=1S/C25H26N4S/c1-17-6-11-21(18(2)14-17)22-15-30-25-23(22)24(26-16-27-25)28-19-7-9-20(10-8-19)29-12-4-3-5-13-29/h6-11,14-16H,3-5,12-13H2,1-2H3,(H,26,27,28). The molecule has 0 saturated carbocycles. The number of nitrogens with zero attached hydrogens (tertiary/aromatic N) is 3. The van der Waals surface area contributed by atoms with E-state index < -0.39 is 0 Å². The van der Waals surface area contributed by atoms with Crippen molar-refractivity contribution in [2.24, 2.45) is 0 Å². The fourth-order valence-corrected chi connectivity index (χ4v) is 5.24. The molecule has 2 aromatic carbocycles. The van der Waals surface area contributed by atoms with Crippen molar-refractivity contribution in [2.45, 2.75) is 33.1 Å². The molecule has 1 fully saturated rings. The fraction of sp³-hybridized carbons (Fsp3) is 0.280. The molecule has 0 unspecified atom stereocenters. The van der Waals surface area contributed by atoms with Crippen LogP contribution in [0.3, 0.4) is 0 Å². The summed E-state index contributed by atoms with van der Waals surface area (Å²) < 4.78 is 0. The number of thiophene rings is 1. The Hall–Kier alpha value is -2.92. The van der Waals surface area contributed by atoms with Crippen LogP contribution in [0.5, 0.6) is 0 Å². The van der Waals surface area contributed by atoms with Gasteiger partial charge < -0.3 is 10.2 Å². The van der Waals surface area contributed by atoms with Gasteiger partial charge in [-0.15, -0.1) is 11.3 Å². The van der Waals surface area contributed by atoms with Gasteiger partial charge in [0.05, 0.1) is 5.39 Å². The minimum atomic E-state index is 0.863. The minimum absolute atomic E-state index is 0.863. The highest BCUT2D eigenvalue weighted by atomic mass is 32.1. The van der Waals surface area contributed by atoms with Crippen molar-refractivity contribution >= 4 is 38.7 Å². The second kappa shape index (κ2) is 8.07. The first kappa shape index (κ1) is 19.1. The van der Waals surface area contributed by atoms with Crippen LogP contribution < -0.4 is 10.2 Å². The molecule has 0 radical (unpaired) electrons. The van der Waals surface area contributed by atoms with Gasteiger partial charge in [-0.25, -0.2) is 9.97 Å². The van der Waals surface area contributed by atoms with Crippen molar-refractivity contribution in [3.63, 3.8) is 0 Å². The molecule has 5 heteroatoms. The highest BCUT2D eigenvalue weighted by Gasteiger charge is 2.15. The Kier molecular flexibility index (Phi) is 5.13. The monoisotopic (exact) mass is 414 g/mol. The number of anilines is 3. The van der Waals surface area contributed by atoms with Gasteiger partial charge >= 0.3 is 0 Å². The molecule has 1 N–H and O–H groups in total. The lowest BCUT2D eigenvalue weighted by atomic mass is 9.99. The average molecular weight is 415 g/mol. The SMILES string of the molecule is Cc1ccc(-c2csc3ncnc(Nc4ccc(N5CCCCC5)cc4)c23)c(C)c1. The van der Waals surface area contributed by atoms with Crippen molar-refractivity contribution in [2.75, 3.05) is 23.3 Å². The van der Waals surface area contributed by atoms with E-state index in [1.54, 1.807) is 17.7 Å². The van der Waals surface area contributed by atoms with Crippen LogP contribution in [-0.2, 0) is 0 Å². The van der Waals surface area contributed by atoms with Gasteiger partial charge in [-0.05, 0) is 68.5 Å². The van der Waals surface area contributed by atoms with Crippen LogP contribution in [0.4, 0.5) is 17.2 Å². The van der Waals surface area contributed by atoms with Crippen LogP contribution in [0.15, 0.2) is 54.2 Å². The van der Waals surface area contributed by atoms with E-state index in [0.717, 1.165) is 34.8 Å². The summed E-state index contributed by atoms with van der Waals surface area (Å²) in [6, 6.07) is 15.3. The molecule has 1 aliphatic heterocycles. The van der Waals surface area contributed by atoms with Gasteiger partial charge in [0.15, 0.2) is 0 Å². The van der Waals surface area contributed by atoms with Crippen molar-refractivity contribution < 1.29 is 0 Å². The quantitative estimate of drug-likeness (QED) is 0.403. The molecule has 4 nitrogen and oxygen atoms in total. The molecule has 1 aliphatic rings. The highest BCUT2D eigenvalue weighted by Crippen LogP contribution is 2.39. The molecule has 4 aromatic rings. The molecule has 5 rings (SSSR count). The zero-order chi connectivity index (χ0) is 20.5. The highest BCUT2D eigenvalue weighted by molar-refractivity contribution is 7.17. The lowest BCUT2D eigenvalue weighted by Gasteiger charge is -2.28. The van der Waals surface area contributed by atoms with Gasteiger partial charge in [0.1, 0.15) is 17.0 Å². The molecule has 0 spiro atoms. The van der Waals surface area contributed by atoms with Gasteiger partial charge in [0.25, 0.3) is 0 Å². The molecule has 152 valence electrons. The maximum absolute atomic E-state index is 4.59. The van der Waals surface area contributed by atoms with E-state index >= 15 is 0 Å². The fourth-order valence-electron chi connectivity index (χ4n) is 4.33. The number of benzene rings is 2. The Morgan fingerprint density at radius 2 is 1.70 bits per heavy atom. The maximum Gasteiger partial charge on any atom is 0.143 e. The van der Waals surface area contributed by atoms with Crippen molar-refractivity contribution in [3.05, 3.63) is 65.3 Å². The zero-order valence-electron chi connectivity index (χ0n) is 17.5. The summed E-state index contributed by atoms with van der Waals surface area (Å²) in [7, 11) is 0. The van der Waals surface area contributed by atoms with Crippen LogP contribution in [0.25, 0.3) is 21.3 Å². The topological polar surface area (TPSA) is 41.1 Å². The van der Waals surface area contributed by atoms with E-state index in [9.17, 15) is 0 Å². The molecule has 0 bridgehead atoms. The summed E-state index contributed by atoms with van der Waals surface area (Å²) in [5, 5.41) is 6.83. The summed E-state index contributed by atoms with van der Waals surface area (Å²) in [5.74, 6) is 0.863. The lowest BCUT2D eigenvalue weighted by molar-refractivity contribution is 0.578. The largest absolute Gasteiger partial charge is 0.372 e.